The van der Waals surface area contributed by atoms with Crippen LogP contribution in [0.4, 0.5) is 0 Å². The van der Waals surface area contributed by atoms with Crippen LogP contribution in [0.5, 0.6) is 0 Å². The van der Waals surface area contributed by atoms with Crippen molar-refractivity contribution in [3.05, 3.63) is 52.7 Å². The molecule has 3 aromatic rings. The lowest BCUT2D eigenvalue weighted by Gasteiger charge is -2.08. The third-order valence-corrected chi connectivity index (χ3v) is 5.46. The van der Waals surface area contributed by atoms with Gasteiger partial charge in [-0.05, 0) is 30.0 Å². The van der Waals surface area contributed by atoms with E-state index in [1.807, 2.05) is 22.9 Å². The van der Waals surface area contributed by atoms with Gasteiger partial charge in [0.25, 0.3) is 10.0 Å². The molecule has 3 rings (SSSR count). The van der Waals surface area contributed by atoms with Crippen molar-refractivity contribution in [1.29, 1.82) is 0 Å². The number of thiophene rings is 1. The van der Waals surface area contributed by atoms with E-state index in [0.29, 0.717) is 5.82 Å². The predicted molar refractivity (Wildman–Crippen MR) is 89.5 cm³/mol. The number of aryl methyl sites for hydroxylation is 2. The molecule has 1 N–H and O–H groups in total. The highest BCUT2D eigenvalue weighted by molar-refractivity contribution is 7.89. The maximum atomic E-state index is 12.4. The minimum atomic E-state index is -3.65. The van der Waals surface area contributed by atoms with E-state index in [4.69, 9.17) is 0 Å². The fourth-order valence-corrected chi connectivity index (χ4v) is 3.83. The van der Waals surface area contributed by atoms with Gasteiger partial charge in [-0.15, -0.1) is 0 Å². The summed E-state index contributed by atoms with van der Waals surface area (Å²) in [7, 11) is -1.89. The lowest BCUT2D eigenvalue weighted by molar-refractivity contribution is 0.578. The minimum Gasteiger partial charge on any atom is -0.337 e. The number of imidazole rings is 1. The average Bonchev–Trinajstić information content (AvgIpc) is 3.17. The first-order valence-electron chi connectivity index (χ1n) is 6.93. The molecule has 0 amide bonds. The summed E-state index contributed by atoms with van der Waals surface area (Å²) in [6.45, 7) is 1.92. The maximum Gasteiger partial charge on any atom is 0.259 e. The number of rotatable bonds is 5. The maximum absolute atomic E-state index is 12.4. The number of nitrogens with zero attached hydrogens (tertiary/aromatic N) is 3. The smallest absolute Gasteiger partial charge is 0.259 e. The average molecular weight is 348 g/mol. The summed E-state index contributed by atoms with van der Waals surface area (Å²) in [5.74, 6) is 0.644. The van der Waals surface area contributed by atoms with E-state index in [2.05, 4.69) is 14.7 Å². The van der Waals surface area contributed by atoms with Gasteiger partial charge in [-0.25, -0.2) is 18.1 Å². The van der Waals surface area contributed by atoms with Crippen molar-refractivity contribution >= 4 is 21.4 Å². The normalized spacial score (nSPS) is 11.7. The molecule has 0 aromatic carbocycles. The van der Waals surface area contributed by atoms with Gasteiger partial charge in [0, 0.05) is 36.9 Å². The van der Waals surface area contributed by atoms with E-state index in [1.54, 1.807) is 42.1 Å². The summed E-state index contributed by atoms with van der Waals surface area (Å²) >= 11 is 1.58. The number of nitrogens with one attached hydrogen (secondary N) is 1. The van der Waals surface area contributed by atoms with Gasteiger partial charge in [0.05, 0.1) is 5.69 Å². The van der Waals surface area contributed by atoms with Crippen LogP contribution < -0.4 is 4.72 Å². The van der Waals surface area contributed by atoms with Gasteiger partial charge in [-0.1, -0.05) is 6.07 Å². The topological polar surface area (TPSA) is 76.9 Å². The van der Waals surface area contributed by atoms with Crippen molar-refractivity contribution in [2.45, 2.75) is 18.5 Å². The molecule has 0 atom stereocenters. The highest BCUT2D eigenvalue weighted by Gasteiger charge is 2.19. The Morgan fingerprint density at radius 3 is 2.83 bits per heavy atom. The van der Waals surface area contributed by atoms with Crippen molar-refractivity contribution < 1.29 is 8.42 Å². The molecule has 0 aliphatic rings. The zero-order valence-corrected chi connectivity index (χ0v) is 14.4. The Bertz CT molecular complexity index is 895. The molecule has 0 unspecified atom stereocenters. The molecule has 0 saturated carbocycles. The summed E-state index contributed by atoms with van der Waals surface area (Å²) < 4.78 is 29.0. The number of pyridine rings is 1. The van der Waals surface area contributed by atoms with E-state index >= 15 is 0 Å². The molecule has 3 aromatic heterocycles. The van der Waals surface area contributed by atoms with Gasteiger partial charge < -0.3 is 4.57 Å². The van der Waals surface area contributed by atoms with E-state index in [1.165, 1.54) is 6.20 Å². The second kappa shape index (κ2) is 6.23. The van der Waals surface area contributed by atoms with Crippen LogP contribution in [0.1, 0.15) is 11.4 Å². The van der Waals surface area contributed by atoms with Crippen LogP contribution >= 0.6 is 11.3 Å². The largest absolute Gasteiger partial charge is 0.337 e. The van der Waals surface area contributed by atoms with Gasteiger partial charge in [0.15, 0.2) is 5.03 Å². The standard InChI is InChI=1S/C15H16N4O2S2/c1-11-18-14(9-19(11)2)23(20,21)17-8-12-4-3-6-16-15(12)13-5-7-22-10-13/h3-7,9-10,17H,8H2,1-2H3. The molecule has 120 valence electrons. The van der Waals surface area contributed by atoms with Crippen molar-refractivity contribution in [1.82, 2.24) is 19.3 Å². The molecule has 0 fully saturated rings. The van der Waals surface area contributed by atoms with Crippen LogP contribution in [0.25, 0.3) is 11.3 Å². The van der Waals surface area contributed by atoms with Crippen LogP contribution in [-0.2, 0) is 23.6 Å². The molecular weight excluding hydrogens is 332 g/mol. The lowest BCUT2D eigenvalue weighted by Crippen LogP contribution is -2.24. The minimum absolute atomic E-state index is 0.0264. The summed E-state index contributed by atoms with van der Waals surface area (Å²) in [6, 6.07) is 5.63. The molecule has 0 bridgehead atoms. The molecule has 0 saturated heterocycles. The van der Waals surface area contributed by atoms with Crippen LogP contribution in [0.3, 0.4) is 0 Å². The van der Waals surface area contributed by atoms with Crippen molar-refractivity contribution in [2.24, 2.45) is 7.05 Å². The molecule has 6 nitrogen and oxygen atoms in total. The van der Waals surface area contributed by atoms with Crippen LogP contribution in [0.15, 0.2) is 46.4 Å². The van der Waals surface area contributed by atoms with E-state index < -0.39 is 10.0 Å². The van der Waals surface area contributed by atoms with E-state index in [9.17, 15) is 8.42 Å². The molecule has 8 heteroatoms. The Hall–Kier alpha value is -2.03. The molecule has 0 aliphatic carbocycles. The third kappa shape index (κ3) is 3.34. The summed E-state index contributed by atoms with van der Waals surface area (Å²) in [4.78, 5) is 8.43. The second-order valence-electron chi connectivity index (χ2n) is 5.08. The van der Waals surface area contributed by atoms with Crippen LogP contribution in [0, 0.1) is 6.92 Å². The zero-order chi connectivity index (χ0) is 16.4. The Balaban J connectivity index is 1.84. The van der Waals surface area contributed by atoms with Crippen LogP contribution in [-0.4, -0.2) is 23.0 Å². The molecular formula is C15H16N4O2S2. The quantitative estimate of drug-likeness (QED) is 0.768. The van der Waals surface area contributed by atoms with Crippen molar-refractivity contribution in [3.63, 3.8) is 0 Å². The monoisotopic (exact) mass is 348 g/mol. The molecule has 0 aliphatic heterocycles. The highest BCUT2D eigenvalue weighted by Crippen LogP contribution is 2.23. The summed E-state index contributed by atoms with van der Waals surface area (Å²) in [6.07, 6.45) is 3.20. The van der Waals surface area contributed by atoms with Gasteiger partial charge in [0.1, 0.15) is 5.82 Å². The highest BCUT2D eigenvalue weighted by atomic mass is 32.2. The molecule has 23 heavy (non-hydrogen) atoms. The number of hydrogen-bond acceptors (Lipinski definition) is 5. The van der Waals surface area contributed by atoms with E-state index in [-0.39, 0.29) is 11.6 Å². The second-order valence-corrected chi connectivity index (χ2v) is 7.58. The van der Waals surface area contributed by atoms with Gasteiger partial charge in [0.2, 0.25) is 0 Å². The Kier molecular flexibility index (Phi) is 4.29. The summed E-state index contributed by atoms with van der Waals surface area (Å²) in [5.41, 5.74) is 2.59. The van der Waals surface area contributed by atoms with Gasteiger partial charge >= 0.3 is 0 Å². The first kappa shape index (κ1) is 15.9. The van der Waals surface area contributed by atoms with Crippen LogP contribution in [0.2, 0.25) is 0 Å². The van der Waals surface area contributed by atoms with Crippen molar-refractivity contribution in [2.75, 3.05) is 0 Å². The Labute approximate surface area is 138 Å². The zero-order valence-electron chi connectivity index (χ0n) is 12.7. The fraction of sp³-hybridized carbons (Fsp3) is 0.200. The lowest BCUT2D eigenvalue weighted by atomic mass is 10.1. The molecule has 0 spiro atoms. The predicted octanol–water partition coefficient (Wildman–Crippen LogP) is 2.33. The number of aromatic nitrogens is 3. The SMILES string of the molecule is Cc1nc(S(=O)(=O)NCc2cccnc2-c2ccsc2)cn1C. The fourth-order valence-electron chi connectivity index (χ4n) is 2.14. The van der Waals surface area contributed by atoms with Crippen molar-refractivity contribution in [3.8, 4) is 11.3 Å². The number of hydrogen-bond donors (Lipinski definition) is 1. The Morgan fingerprint density at radius 1 is 1.35 bits per heavy atom. The van der Waals surface area contributed by atoms with Gasteiger partial charge in [-0.2, -0.15) is 11.3 Å². The van der Waals surface area contributed by atoms with Gasteiger partial charge in [-0.3, -0.25) is 4.98 Å². The first-order valence-corrected chi connectivity index (χ1v) is 9.36. The molecule has 0 radical (unpaired) electrons. The van der Waals surface area contributed by atoms with E-state index in [0.717, 1.165) is 16.8 Å². The number of sulfonamides is 1. The summed E-state index contributed by atoms with van der Waals surface area (Å²) in [5, 5.41) is 3.98. The molecule has 3 heterocycles. The Morgan fingerprint density at radius 2 is 2.17 bits per heavy atom. The third-order valence-electron chi connectivity index (χ3n) is 3.50. The first-order chi connectivity index (χ1) is 11.0.